The van der Waals surface area contributed by atoms with Crippen LogP contribution in [0.25, 0.3) is 0 Å². The zero-order valence-corrected chi connectivity index (χ0v) is 15.8. The van der Waals surface area contributed by atoms with E-state index in [4.69, 9.17) is 0 Å². The lowest BCUT2D eigenvalue weighted by molar-refractivity contribution is -0.129. The van der Waals surface area contributed by atoms with E-state index in [2.05, 4.69) is 31.4 Å². The third kappa shape index (κ3) is 3.43. The van der Waals surface area contributed by atoms with E-state index in [-0.39, 0.29) is 22.9 Å². The minimum absolute atomic E-state index is 0.0771. The van der Waals surface area contributed by atoms with Gasteiger partial charge in [-0.3, -0.25) is 4.79 Å². The highest BCUT2D eigenvalue weighted by molar-refractivity contribution is 5.86. The average Bonchev–Trinajstić information content (AvgIpc) is 2.50. The molecule has 0 saturated heterocycles. The highest BCUT2D eigenvalue weighted by Crippen LogP contribution is 2.55. The molecule has 4 aliphatic rings. The second-order valence-corrected chi connectivity index (χ2v) is 10.00. The van der Waals surface area contributed by atoms with Gasteiger partial charge in [0.2, 0.25) is 5.91 Å². The number of amides is 1. The van der Waals surface area contributed by atoms with Crippen LogP contribution in [0.3, 0.4) is 0 Å². The van der Waals surface area contributed by atoms with Crippen LogP contribution in [-0.2, 0) is 4.79 Å². The van der Waals surface area contributed by atoms with Crippen molar-refractivity contribution >= 4 is 11.6 Å². The van der Waals surface area contributed by atoms with Crippen LogP contribution >= 0.6 is 0 Å². The van der Waals surface area contributed by atoms with Crippen LogP contribution in [0.4, 0.5) is 5.69 Å². The first-order valence-corrected chi connectivity index (χ1v) is 9.97. The van der Waals surface area contributed by atoms with E-state index < -0.39 is 0 Å². The molecule has 5 rings (SSSR count). The molecule has 1 atom stereocenters. The molecule has 3 heteroatoms. The first-order chi connectivity index (χ1) is 11.8. The van der Waals surface area contributed by atoms with Crippen molar-refractivity contribution in [2.75, 3.05) is 5.32 Å². The van der Waals surface area contributed by atoms with Crippen molar-refractivity contribution < 1.29 is 4.79 Å². The third-order valence-corrected chi connectivity index (χ3v) is 6.64. The minimum atomic E-state index is -0.220. The van der Waals surface area contributed by atoms with Gasteiger partial charge in [0, 0.05) is 11.2 Å². The van der Waals surface area contributed by atoms with Gasteiger partial charge in [0.05, 0.1) is 0 Å². The van der Waals surface area contributed by atoms with Crippen LogP contribution in [0.2, 0.25) is 0 Å². The normalized spacial score (nSPS) is 34.6. The van der Waals surface area contributed by atoms with Crippen LogP contribution in [0.1, 0.15) is 59.3 Å². The van der Waals surface area contributed by atoms with Crippen molar-refractivity contribution in [3.63, 3.8) is 0 Å². The molecule has 0 heterocycles. The number of hydrogen-bond acceptors (Lipinski definition) is 2. The van der Waals surface area contributed by atoms with Crippen LogP contribution in [-0.4, -0.2) is 17.5 Å². The van der Waals surface area contributed by atoms with E-state index in [0.29, 0.717) is 0 Å². The van der Waals surface area contributed by atoms with Gasteiger partial charge in [-0.05, 0) is 73.8 Å². The van der Waals surface area contributed by atoms with Gasteiger partial charge in [0.1, 0.15) is 6.04 Å². The van der Waals surface area contributed by atoms with Gasteiger partial charge in [-0.1, -0.05) is 39.0 Å². The summed E-state index contributed by atoms with van der Waals surface area (Å²) in [6.07, 6.45) is 7.81. The number of nitrogens with one attached hydrogen (secondary N) is 2. The molecular formula is C22H32N2O. The molecule has 4 saturated carbocycles. The molecule has 136 valence electrons. The summed E-state index contributed by atoms with van der Waals surface area (Å²) in [6, 6.07) is 9.89. The van der Waals surface area contributed by atoms with Crippen LogP contribution in [0.5, 0.6) is 0 Å². The molecule has 1 unspecified atom stereocenters. The number of anilines is 1. The molecule has 4 aliphatic carbocycles. The third-order valence-electron chi connectivity index (χ3n) is 6.64. The molecule has 3 nitrogen and oxygen atoms in total. The van der Waals surface area contributed by atoms with Gasteiger partial charge in [-0.25, -0.2) is 0 Å². The summed E-state index contributed by atoms with van der Waals surface area (Å²) < 4.78 is 0. The topological polar surface area (TPSA) is 41.1 Å². The Labute approximate surface area is 152 Å². The molecule has 1 aromatic rings. The van der Waals surface area contributed by atoms with E-state index in [1.165, 1.54) is 38.5 Å². The number of carbonyl (C=O) groups is 1. The van der Waals surface area contributed by atoms with Gasteiger partial charge in [0.15, 0.2) is 0 Å². The molecule has 4 bridgehead atoms. The first kappa shape index (κ1) is 16.9. The lowest BCUT2D eigenvalue weighted by atomic mass is 9.53. The van der Waals surface area contributed by atoms with Crippen molar-refractivity contribution in [2.24, 2.45) is 23.2 Å². The van der Waals surface area contributed by atoms with Crippen molar-refractivity contribution in [3.05, 3.63) is 30.3 Å². The van der Waals surface area contributed by atoms with Crippen molar-refractivity contribution in [1.82, 2.24) is 5.32 Å². The maximum absolute atomic E-state index is 13.3. The van der Waals surface area contributed by atoms with Crippen LogP contribution in [0.15, 0.2) is 30.3 Å². The Balaban J connectivity index is 1.51. The summed E-state index contributed by atoms with van der Waals surface area (Å²) >= 11 is 0. The monoisotopic (exact) mass is 340 g/mol. The predicted octanol–water partition coefficient (Wildman–Crippen LogP) is 4.60. The van der Waals surface area contributed by atoms with Gasteiger partial charge >= 0.3 is 0 Å². The predicted molar refractivity (Wildman–Crippen MR) is 102 cm³/mol. The number of hydrogen-bond donors (Lipinski definition) is 2. The molecule has 0 aliphatic heterocycles. The van der Waals surface area contributed by atoms with Gasteiger partial charge in [0.25, 0.3) is 0 Å². The Morgan fingerprint density at radius 3 is 2.00 bits per heavy atom. The molecule has 25 heavy (non-hydrogen) atoms. The molecule has 4 fully saturated rings. The lowest BCUT2D eigenvalue weighted by Gasteiger charge is -2.57. The van der Waals surface area contributed by atoms with E-state index in [1.54, 1.807) is 0 Å². The average molecular weight is 341 g/mol. The number of benzene rings is 1. The maximum atomic E-state index is 13.3. The number of rotatable bonds is 4. The van der Waals surface area contributed by atoms with E-state index >= 15 is 0 Å². The molecule has 2 N–H and O–H groups in total. The molecule has 0 aromatic heterocycles. The van der Waals surface area contributed by atoms with E-state index in [0.717, 1.165) is 23.4 Å². The quantitative estimate of drug-likeness (QED) is 0.841. The summed E-state index contributed by atoms with van der Waals surface area (Å²) in [4.78, 5) is 13.3. The highest BCUT2D eigenvalue weighted by atomic mass is 16.2. The standard InChI is InChI=1S/C22H32N2O/c1-21(2,3)19(23-18-7-5-4-6-8-18)20(25)24-22-12-15-9-16(13-22)11-17(10-15)14-22/h4-8,15-17,19,23H,9-14H2,1-3H3,(H,24,25). The Hall–Kier alpha value is -1.51. The second-order valence-electron chi connectivity index (χ2n) is 10.00. The molecule has 0 radical (unpaired) electrons. The van der Waals surface area contributed by atoms with E-state index in [9.17, 15) is 4.79 Å². The largest absolute Gasteiger partial charge is 0.373 e. The fourth-order valence-electron chi connectivity index (χ4n) is 5.97. The first-order valence-electron chi connectivity index (χ1n) is 9.97. The zero-order valence-electron chi connectivity index (χ0n) is 15.8. The highest BCUT2D eigenvalue weighted by Gasteiger charge is 2.52. The summed E-state index contributed by atoms with van der Waals surface area (Å²) in [5.74, 6) is 2.73. The Kier molecular flexibility index (Phi) is 4.09. The van der Waals surface area contributed by atoms with Crippen molar-refractivity contribution in [3.8, 4) is 0 Å². The van der Waals surface area contributed by atoms with E-state index in [1.807, 2.05) is 30.3 Å². The summed E-state index contributed by atoms with van der Waals surface area (Å²) in [5.41, 5.74) is 0.957. The second kappa shape index (κ2) is 6.03. The lowest BCUT2D eigenvalue weighted by Crippen LogP contribution is -2.63. The Morgan fingerprint density at radius 2 is 1.52 bits per heavy atom. The van der Waals surface area contributed by atoms with Crippen molar-refractivity contribution in [1.29, 1.82) is 0 Å². The minimum Gasteiger partial charge on any atom is -0.373 e. The van der Waals surface area contributed by atoms with Gasteiger partial charge in [-0.2, -0.15) is 0 Å². The fraction of sp³-hybridized carbons (Fsp3) is 0.682. The van der Waals surface area contributed by atoms with Crippen LogP contribution < -0.4 is 10.6 Å². The molecular weight excluding hydrogens is 308 g/mol. The summed E-state index contributed by atoms with van der Waals surface area (Å²) in [7, 11) is 0. The maximum Gasteiger partial charge on any atom is 0.243 e. The Morgan fingerprint density at radius 1 is 1.00 bits per heavy atom. The van der Waals surface area contributed by atoms with Crippen molar-refractivity contribution in [2.45, 2.75) is 70.9 Å². The summed E-state index contributed by atoms with van der Waals surface area (Å²) in [6.45, 7) is 6.44. The zero-order chi connectivity index (χ0) is 17.7. The van der Waals surface area contributed by atoms with Crippen LogP contribution in [0, 0.1) is 23.2 Å². The number of carbonyl (C=O) groups excluding carboxylic acids is 1. The molecule has 0 spiro atoms. The van der Waals surface area contributed by atoms with Gasteiger partial charge in [-0.15, -0.1) is 0 Å². The smallest absolute Gasteiger partial charge is 0.243 e. The number of para-hydroxylation sites is 1. The summed E-state index contributed by atoms with van der Waals surface area (Å²) in [5, 5.41) is 7.04. The van der Waals surface area contributed by atoms with Gasteiger partial charge < -0.3 is 10.6 Å². The fourth-order valence-corrected chi connectivity index (χ4v) is 5.97. The Bertz CT molecular complexity index is 596. The molecule has 1 aromatic carbocycles. The SMILES string of the molecule is CC(C)(C)C(Nc1ccccc1)C(=O)NC12CC3CC(CC(C3)C1)C2. The molecule has 1 amide bonds.